The van der Waals surface area contributed by atoms with Crippen LogP contribution in [0, 0.1) is 17.3 Å². The minimum atomic E-state index is 0.146. The standard InChI is InChI=1S/C18H30O/c1-6-7-9-15(12-14(2)3)17(19)16-10-8-11-18(4,5)13-16/h6-7,15-16H,2,8-13H2,1,3-5H3/b7-6+. The molecule has 1 aliphatic rings. The largest absolute Gasteiger partial charge is 0.299 e. The van der Waals surface area contributed by atoms with E-state index in [1.165, 1.54) is 12.8 Å². The number of carbonyl (C=O) groups is 1. The number of Topliss-reactive ketones (excluding diaryl/α,β-unsaturated/α-hetero) is 1. The molecular weight excluding hydrogens is 232 g/mol. The van der Waals surface area contributed by atoms with Crippen LogP contribution < -0.4 is 0 Å². The predicted molar refractivity (Wildman–Crippen MR) is 83.1 cm³/mol. The van der Waals surface area contributed by atoms with E-state index >= 15 is 0 Å². The highest BCUT2D eigenvalue weighted by Crippen LogP contribution is 2.40. The van der Waals surface area contributed by atoms with E-state index in [1.54, 1.807) is 0 Å². The molecule has 1 rings (SSSR count). The topological polar surface area (TPSA) is 17.1 Å². The van der Waals surface area contributed by atoms with Crippen LogP contribution in [0.5, 0.6) is 0 Å². The molecule has 0 amide bonds. The van der Waals surface area contributed by atoms with Crippen LogP contribution in [-0.2, 0) is 4.79 Å². The predicted octanol–water partition coefficient (Wildman–Crippen LogP) is 5.32. The summed E-state index contributed by atoms with van der Waals surface area (Å²) in [5.74, 6) is 0.903. The summed E-state index contributed by atoms with van der Waals surface area (Å²) in [4.78, 5) is 12.8. The lowest BCUT2D eigenvalue weighted by Gasteiger charge is -2.35. The molecule has 0 saturated heterocycles. The molecule has 1 fully saturated rings. The molecule has 0 radical (unpaired) electrons. The SMILES string of the molecule is C=C(C)CC(C/C=C/C)C(=O)C1CCCC(C)(C)C1. The normalized spacial score (nSPS) is 24.3. The van der Waals surface area contributed by atoms with Crippen LogP contribution in [0.15, 0.2) is 24.3 Å². The Morgan fingerprint density at radius 3 is 2.68 bits per heavy atom. The molecule has 2 atom stereocenters. The molecule has 0 N–H and O–H groups in total. The minimum Gasteiger partial charge on any atom is -0.299 e. The lowest BCUT2D eigenvalue weighted by atomic mass is 9.69. The number of hydrogen-bond acceptors (Lipinski definition) is 1. The molecule has 0 aromatic carbocycles. The third kappa shape index (κ3) is 5.34. The third-order valence-corrected chi connectivity index (χ3v) is 4.26. The molecule has 2 unspecified atom stereocenters. The van der Waals surface area contributed by atoms with E-state index in [4.69, 9.17) is 0 Å². The van der Waals surface area contributed by atoms with Crippen LogP contribution >= 0.6 is 0 Å². The average Bonchev–Trinajstić information content (AvgIpc) is 2.32. The summed E-state index contributed by atoms with van der Waals surface area (Å²) in [6.45, 7) is 12.6. The summed E-state index contributed by atoms with van der Waals surface area (Å²) in [6.07, 6.45) is 10.5. The highest BCUT2D eigenvalue weighted by molar-refractivity contribution is 5.84. The van der Waals surface area contributed by atoms with Crippen molar-refractivity contribution < 1.29 is 4.79 Å². The van der Waals surface area contributed by atoms with Gasteiger partial charge in [0, 0.05) is 11.8 Å². The van der Waals surface area contributed by atoms with Crippen LogP contribution in [0.1, 0.15) is 66.2 Å². The maximum atomic E-state index is 12.8. The van der Waals surface area contributed by atoms with Crippen LogP contribution in [-0.4, -0.2) is 5.78 Å². The number of rotatable bonds is 6. The Kier molecular flexibility index (Phi) is 6.03. The average molecular weight is 262 g/mol. The fraction of sp³-hybridized carbons (Fsp3) is 0.722. The molecule has 0 aromatic rings. The molecule has 1 saturated carbocycles. The Hall–Kier alpha value is -0.850. The van der Waals surface area contributed by atoms with Crippen molar-refractivity contribution in [3.05, 3.63) is 24.3 Å². The van der Waals surface area contributed by atoms with Gasteiger partial charge in [-0.2, -0.15) is 0 Å². The summed E-state index contributed by atoms with van der Waals surface area (Å²) in [6, 6.07) is 0. The van der Waals surface area contributed by atoms with Gasteiger partial charge in [0.25, 0.3) is 0 Å². The summed E-state index contributed by atoms with van der Waals surface area (Å²) in [5, 5.41) is 0. The minimum absolute atomic E-state index is 0.146. The molecule has 0 bridgehead atoms. The van der Waals surface area contributed by atoms with Gasteiger partial charge in [-0.15, -0.1) is 6.58 Å². The number of ketones is 1. The van der Waals surface area contributed by atoms with Crippen molar-refractivity contribution in [1.29, 1.82) is 0 Å². The molecule has 0 heterocycles. The monoisotopic (exact) mass is 262 g/mol. The van der Waals surface area contributed by atoms with Gasteiger partial charge in [-0.05, 0) is 51.4 Å². The van der Waals surface area contributed by atoms with E-state index in [2.05, 4.69) is 26.5 Å². The summed E-state index contributed by atoms with van der Waals surface area (Å²) < 4.78 is 0. The highest BCUT2D eigenvalue weighted by Gasteiger charge is 2.34. The fourth-order valence-corrected chi connectivity index (χ4v) is 3.30. The second-order valence-electron chi connectivity index (χ2n) is 7.02. The van der Waals surface area contributed by atoms with Crippen molar-refractivity contribution in [3.63, 3.8) is 0 Å². The number of carbonyl (C=O) groups excluding carboxylic acids is 1. The van der Waals surface area contributed by atoms with Gasteiger partial charge in [-0.25, -0.2) is 0 Å². The number of allylic oxidation sites excluding steroid dienone is 3. The van der Waals surface area contributed by atoms with E-state index in [0.717, 1.165) is 31.3 Å². The summed E-state index contributed by atoms with van der Waals surface area (Å²) >= 11 is 0. The van der Waals surface area contributed by atoms with Gasteiger partial charge in [0.05, 0.1) is 0 Å². The first-order chi connectivity index (χ1) is 8.85. The first-order valence-electron chi connectivity index (χ1n) is 7.65. The molecule has 19 heavy (non-hydrogen) atoms. The van der Waals surface area contributed by atoms with Gasteiger partial charge in [-0.1, -0.05) is 38.0 Å². The smallest absolute Gasteiger partial charge is 0.139 e. The van der Waals surface area contributed by atoms with Crippen LogP contribution in [0.25, 0.3) is 0 Å². The van der Waals surface area contributed by atoms with Gasteiger partial charge >= 0.3 is 0 Å². The Balaban J connectivity index is 2.71. The maximum absolute atomic E-state index is 12.8. The van der Waals surface area contributed by atoms with Crippen molar-refractivity contribution in [2.45, 2.75) is 66.2 Å². The van der Waals surface area contributed by atoms with Gasteiger partial charge < -0.3 is 0 Å². The van der Waals surface area contributed by atoms with Crippen molar-refractivity contribution >= 4 is 5.78 Å². The second-order valence-corrected chi connectivity index (χ2v) is 7.02. The summed E-state index contributed by atoms with van der Waals surface area (Å²) in [7, 11) is 0. The first kappa shape index (κ1) is 16.2. The van der Waals surface area contributed by atoms with Crippen molar-refractivity contribution in [2.75, 3.05) is 0 Å². The Bertz CT molecular complexity index is 349. The first-order valence-corrected chi connectivity index (χ1v) is 7.65. The van der Waals surface area contributed by atoms with Crippen LogP contribution in [0.2, 0.25) is 0 Å². The van der Waals surface area contributed by atoms with Crippen molar-refractivity contribution in [2.24, 2.45) is 17.3 Å². The lowest BCUT2D eigenvalue weighted by Crippen LogP contribution is -2.31. The second kappa shape index (κ2) is 7.07. The fourth-order valence-electron chi connectivity index (χ4n) is 3.30. The van der Waals surface area contributed by atoms with Gasteiger partial charge in [0.15, 0.2) is 0 Å². The van der Waals surface area contributed by atoms with Crippen LogP contribution in [0.3, 0.4) is 0 Å². The molecule has 0 aliphatic heterocycles. The molecule has 108 valence electrons. The van der Waals surface area contributed by atoms with Crippen molar-refractivity contribution in [3.8, 4) is 0 Å². The third-order valence-electron chi connectivity index (χ3n) is 4.26. The molecule has 0 aromatic heterocycles. The zero-order chi connectivity index (χ0) is 14.5. The zero-order valence-electron chi connectivity index (χ0n) is 13.2. The van der Waals surface area contributed by atoms with E-state index in [-0.39, 0.29) is 11.8 Å². The van der Waals surface area contributed by atoms with E-state index in [9.17, 15) is 4.79 Å². The summed E-state index contributed by atoms with van der Waals surface area (Å²) in [5.41, 5.74) is 1.46. The number of hydrogen-bond donors (Lipinski definition) is 0. The highest BCUT2D eigenvalue weighted by atomic mass is 16.1. The van der Waals surface area contributed by atoms with Gasteiger partial charge in [0.1, 0.15) is 5.78 Å². The molecular formula is C18H30O. The lowest BCUT2D eigenvalue weighted by molar-refractivity contribution is -0.129. The maximum Gasteiger partial charge on any atom is 0.139 e. The van der Waals surface area contributed by atoms with Crippen molar-refractivity contribution in [1.82, 2.24) is 0 Å². The zero-order valence-corrected chi connectivity index (χ0v) is 13.2. The Labute approximate surface area is 119 Å². The molecule has 1 nitrogen and oxygen atoms in total. The van der Waals surface area contributed by atoms with E-state index in [1.807, 2.05) is 19.9 Å². The Morgan fingerprint density at radius 2 is 2.16 bits per heavy atom. The molecule has 1 heteroatoms. The van der Waals surface area contributed by atoms with E-state index in [0.29, 0.717) is 11.2 Å². The Morgan fingerprint density at radius 1 is 1.47 bits per heavy atom. The van der Waals surface area contributed by atoms with Crippen LogP contribution in [0.4, 0.5) is 0 Å². The van der Waals surface area contributed by atoms with E-state index < -0.39 is 0 Å². The molecule has 0 spiro atoms. The van der Waals surface area contributed by atoms with Gasteiger partial charge in [0.2, 0.25) is 0 Å². The van der Waals surface area contributed by atoms with Gasteiger partial charge in [-0.3, -0.25) is 4.79 Å². The quantitative estimate of drug-likeness (QED) is 0.592. The molecule has 1 aliphatic carbocycles.